The number of hydrogen-bond acceptors (Lipinski definition) is 6. The number of amides is 2. The van der Waals surface area contributed by atoms with Crippen molar-refractivity contribution in [1.29, 1.82) is 5.26 Å². The van der Waals surface area contributed by atoms with Crippen LogP contribution in [0, 0.1) is 11.3 Å². The number of rotatable bonds is 5. The SMILES string of the molecule is N#Cc1c(NC(=O)/C=C/c2ccccc2)sc2c1CCN(C(=O)OCC(=O)O)C2. The Morgan fingerprint density at radius 1 is 1.31 bits per heavy atom. The van der Waals surface area contributed by atoms with Gasteiger partial charge in [-0.15, -0.1) is 11.3 Å². The number of carboxylic acid groups (broad SMARTS) is 1. The highest BCUT2D eigenvalue weighted by molar-refractivity contribution is 7.16. The highest BCUT2D eigenvalue weighted by atomic mass is 32.1. The molecule has 0 radical (unpaired) electrons. The molecule has 1 aliphatic heterocycles. The molecular weight excluding hydrogens is 394 g/mol. The van der Waals surface area contributed by atoms with Gasteiger partial charge in [0.1, 0.15) is 11.1 Å². The monoisotopic (exact) mass is 411 g/mol. The predicted octanol–water partition coefficient (Wildman–Crippen LogP) is 2.85. The minimum absolute atomic E-state index is 0.197. The summed E-state index contributed by atoms with van der Waals surface area (Å²) in [5.74, 6) is -1.59. The summed E-state index contributed by atoms with van der Waals surface area (Å²) in [5.41, 5.74) is 2.07. The van der Waals surface area contributed by atoms with Crippen molar-refractivity contribution < 1.29 is 24.2 Å². The van der Waals surface area contributed by atoms with Gasteiger partial charge in [-0.2, -0.15) is 5.26 Å². The number of thiophene rings is 1. The molecule has 2 aromatic rings. The number of anilines is 1. The van der Waals surface area contributed by atoms with Gasteiger partial charge in [0.05, 0.1) is 12.1 Å². The second kappa shape index (κ2) is 9.03. The van der Waals surface area contributed by atoms with Crippen molar-refractivity contribution in [2.24, 2.45) is 0 Å². The normalized spacial score (nSPS) is 12.9. The number of nitriles is 1. The van der Waals surface area contributed by atoms with Crippen molar-refractivity contribution >= 4 is 40.4 Å². The lowest BCUT2D eigenvalue weighted by molar-refractivity contribution is -0.140. The highest BCUT2D eigenvalue weighted by Gasteiger charge is 2.28. The van der Waals surface area contributed by atoms with E-state index in [2.05, 4.69) is 11.4 Å². The van der Waals surface area contributed by atoms with Crippen LogP contribution in [0.15, 0.2) is 36.4 Å². The van der Waals surface area contributed by atoms with Gasteiger partial charge in [-0.05, 0) is 23.6 Å². The third-order valence-electron chi connectivity index (χ3n) is 4.21. The van der Waals surface area contributed by atoms with Gasteiger partial charge in [0.15, 0.2) is 6.61 Å². The summed E-state index contributed by atoms with van der Waals surface area (Å²) in [4.78, 5) is 36.9. The fraction of sp³-hybridized carbons (Fsp3) is 0.200. The Morgan fingerprint density at radius 3 is 2.76 bits per heavy atom. The molecule has 0 bridgehead atoms. The van der Waals surface area contributed by atoms with Crippen molar-refractivity contribution in [3.63, 3.8) is 0 Å². The molecule has 1 aliphatic rings. The first kappa shape index (κ1) is 20.1. The van der Waals surface area contributed by atoms with E-state index in [0.29, 0.717) is 23.5 Å². The Balaban J connectivity index is 1.70. The zero-order valence-corrected chi connectivity index (χ0v) is 16.1. The molecule has 3 rings (SSSR count). The zero-order chi connectivity index (χ0) is 20.8. The van der Waals surface area contributed by atoms with E-state index in [1.54, 1.807) is 6.08 Å². The topological polar surface area (TPSA) is 120 Å². The molecule has 1 aromatic carbocycles. The molecular formula is C20H17N3O5S. The van der Waals surface area contributed by atoms with Crippen LogP contribution in [0.25, 0.3) is 6.08 Å². The van der Waals surface area contributed by atoms with Gasteiger partial charge in [0.25, 0.3) is 0 Å². The van der Waals surface area contributed by atoms with E-state index < -0.39 is 18.7 Å². The van der Waals surface area contributed by atoms with Crippen molar-refractivity contribution in [2.75, 3.05) is 18.5 Å². The molecule has 2 heterocycles. The lowest BCUT2D eigenvalue weighted by Crippen LogP contribution is -2.36. The largest absolute Gasteiger partial charge is 0.479 e. The summed E-state index contributed by atoms with van der Waals surface area (Å²) < 4.78 is 4.71. The van der Waals surface area contributed by atoms with Crippen molar-refractivity contribution in [1.82, 2.24) is 4.90 Å². The number of nitrogens with zero attached hydrogens (tertiary/aromatic N) is 2. The van der Waals surface area contributed by atoms with Crippen LogP contribution in [0.5, 0.6) is 0 Å². The summed E-state index contributed by atoms with van der Waals surface area (Å²) in [6.07, 6.45) is 2.77. The lowest BCUT2D eigenvalue weighted by atomic mass is 10.0. The number of ether oxygens (including phenoxy) is 1. The van der Waals surface area contributed by atoms with Crippen LogP contribution in [-0.4, -0.2) is 41.1 Å². The first-order valence-electron chi connectivity index (χ1n) is 8.70. The minimum Gasteiger partial charge on any atom is -0.479 e. The van der Waals surface area contributed by atoms with Crippen LogP contribution in [0.4, 0.5) is 9.80 Å². The van der Waals surface area contributed by atoms with Crippen LogP contribution in [0.3, 0.4) is 0 Å². The van der Waals surface area contributed by atoms with Crippen molar-refractivity contribution in [3.05, 3.63) is 58.0 Å². The van der Waals surface area contributed by atoms with Crippen LogP contribution in [-0.2, 0) is 27.3 Å². The number of carboxylic acids is 1. The van der Waals surface area contributed by atoms with Gasteiger partial charge in [0, 0.05) is 17.5 Å². The molecule has 1 aromatic heterocycles. The second-order valence-electron chi connectivity index (χ2n) is 6.17. The maximum absolute atomic E-state index is 12.2. The molecule has 29 heavy (non-hydrogen) atoms. The molecule has 8 nitrogen and oxygen atoms in total. The molecule has 0 saturated heterocycles. The van der Waals surface area contributed by atoms with Gasteiger partial charge >= 0.3 is 12.1 Å². The van der Waals surface area contributed by atoms with Crippen LogP contribution < -0.4 is 5.32 Å². The molecule has 0 aliphatic carbocycles. The molecule has 0 spiro atoms. The first-order valence-corrected chi connectivity index (χ1v) is 9.52. The molecule has 0 saturated carbocycles. The maximum Gasteiger partial charge on any atom is 0.410 e. The average molecular weight is 411 g/mol. The van der Waals surface area contributed by atoms with E-state index in [1.807, 2.05) is 30.3 Å². The quantitative estimate of drug-likeness (QED) is 0.730. The smallest absolute Gasteiger partial charge is 0.410 e. The van der Waals surface area contributed by atoms with E-state index in [4.69, 9.17) is 9.84 Å². The predicted molar refractivity (Wildman–Crippen MR) is 106 cm³/mol. The summed E-state index contributed by atoms with van der Waals surface area (Å²) in [7, 11) is 0. The minimum atomic E-state index is -1.23. The number of fused-ring (bicyclic) bond motifs is 1. The summed E-state index contributed by atoms with van der Waals surface area (Å²) in [6, 6.07) is 11.5. The molecule has 9 heteroatoms. The lowest BCUT2D eigenvalue weighted by Gasteiger charge is -2.25. The van der Waals surface area contributed by atoms with Gasteiger partial charge in [0.2, 0.25) is 5.91 Å². The number of benzene rings is 1. The Kier molecular flexibility index (Phi) is 6.26. The van der Waals surface area contributed by atoms with E-state index in [1.165, 1.54) is 22.3 Å². The van der Waals surface area contributed by atoms with E-state index in [-0.39, 0.29) is 12.5 Å². The van der Waals surface area contributed by atoms with Gasteiger partial charge in [-0.1, -0.05) is 30.3 Å². The standard InChI is InChI=1S/C20H17N3O5S/c21-10-15-14-8-9-23(20(27)28-12-18(25)26)11-16(14)29-19(15)22-17(24)7-6-13-4-2-1-3-5-13/h1-7H,8-9,11-12H2,(H,22,24)(H,25,26)/b7-6+. The fourth-order valence-corrected chi connectivity index (χ4v) is 4.09. The van der Waals surface area contributed by atoms with Gasteiger partial charge in [-0.25, -0.2) is 9.59 Å². The number of carbonyl (C=O) groups excluding carboxylic acids is 2. The van der Waals surface area contributed by atoms with Gasteiger partial charge in [-0.3, -0.25) is 4.79 Å². The number of nitrogens with one attached hydrogen (secondary N) is 1. The van der Waals surface area contributed by atoms with Crippen LogP contribution in [0.2, 0.25) is 0 Å². The maximum atomic E-state index is 12.2. The highest BCUT2D eigenvalue weighted by Crippen LogP contribution is 2.36. The van der Waals surface area contributed by atoms with E-state index >= 15 is 0 Å². The molecule has 148 valence electrons. The summed E-state index contributed by atoms with van der Waals surface area (Å²) in [6.45, 7) is -0.202. The summed E-state index contributed by atoms with van der Waals surface area (Å²) in [5, 5.41) is 21.3. The Morgan fingerprint density at radius 2 is 2.07 bits per heavy atom. The van der Waals surface area contributed by atoms with Crippen LogP contribution in [0.1, 0.15) is 21.6 Å². The fourth-order valence-electron chi connectivity index (χ4n) is 2.87. The Labute approximate surface area is 170 Å². The van der Waals surface area contributed by atoms with Crippen LogP contribution >= 0.6 is 11.3 Å². The number of hydrogen-bond donors (Lipinski definition) is 2. The van der Waals surface area contributed by atoms with Gasteiger partial charge < -0.3 is 20.1 Å². The molecule has 0 atom stereocenters. The average Bonchev–Trinajstić information content (AvgIpc) is 3.07. The molecule has 0 unspecified atom stereocenters. The Hall–Kier alpha value is -3.64. The molecule has 2 amide bonds. The molecule has 0 fully saturated rings. The Bertz CT molecular complexity index is 1010. The molecule has 2 N–H and O–H groups in total. The third kappa shape index (κ3) is 5.00. The first-order chi connectivity index (χ1) is 14.0. The van der Waals surface area contributed by atoms with Crippen molar-refractivity contribution in [2.45, 2.75) is 13.0 Å². The summed E-state index contributed by atoms with van der Waals surface area (Å²) >= 11 is 1.23. The number of aliphatic carboxylic acids is 1. The van der Waals surface area contributed by atoms with Crippen molar-refractivity contribution in [3.8, 4) is 6.07 Å². The van der Waals surface area contributed by atoms with E-state index in [9.17, 15) is 19.6 Å². The number of carbonyl (C=O) groups is 3. The zero-order valence-electron chi connectivity index (χ0n) is 15.3. The second-order valence-corrected chi connectivity index (χ2v) is 7.28. The van der Waals surface area contributed by atoms with E-state index in [0.717, 1.165) is 16.0 Å². The third-order valence-corrected chi connectivity index (χ3v) is 5.34.